The second-order valence-electron chi connectivity index (χ2n) is 12.5. The van der Waals surface area contributed by atoms with Crippen LogP contribution in [0.5, 0.6) is 5.88 Å². The number of halogens is 2. The Morgan fingerprint density at radius 3 is 2.65 bits per heavy atom. The third-order valence-electron chi connectivity index (χ3n) is 8.66. The van der Waals surface area contributed by atoms with Gasteiger partial charge < -0.3 is 19.1 Å². The van der Waals surface area contributed by atoms with E-state index in [2.05, 4.69) is 39.8 Å². The molecule has 1 atom stereocenters. The van der Waals surface area contributed by atoms with Gasteiger partial charge in [0.15, 0.2) is 5.82 Å². The molecule has 1 N–H and O–H groups in total. The predicted molar refractivity (Wildman–Crippen MR) is 181 cm³/mol. The molecule has 0 spiro atoms. The molecule has 1 fully saturated rings. The Morgan fingerprint density at radius 1 is 1.08 bits per heavy atom. The molecule has 0 bridgehead atoms. The van der Waals surface area contributed by atoms with Crippen LogP contribution in [0, 0.1) is 12.3 Å². The summed E-state index contributed by atoms with van der Waals surface area (Å²) in [7, 11) is 0. The highest BCUT2D eigenvalue weighted by Gasteiger charge is 2.39. The topological polar surface area (TPSA) is 130 Å². The van der Waals surface area contributed by atoms with E-state index in [4.69, 9.17) is 42.6 Å². The van der Waals surface area contributed by atoms with E-state index >= 15 is 0 Å². The van der Waals surface area contributed by atoms with Gasteiger partial charge in [-0.1, -0.05) is 54.4 Å². The summed E-state index contributed by atoms with van der Waals surface area (Å²) in [6.45, 7) is 7.61. The number of rotatable bonds is 9. The normalized spacial score (nSPS) is 15.6. The summed E-state index contributed by atoms with van der Waals surface area (Å²) in [5.41, 5.74) is 5.70. The van der Waals surface area contributed by atoms with Gasteiger partial charge in [-0.3, -0.25) is 0 Å². The number of hydrogen-bond donors (Lipinski definition) is 1. The Labute approximate surface area is 286 Å². The van der Waals surface area contributed by atoms with Gasteiger partial charge in [0.2, 0.25) is 5.88 Å². The number of aromatic nitrogens is 7. The van der Waals surface area contributed by atoms with E-state index in [9.17, 15) is 9.90 Å². The minimum Gasteiger partial charge on any atom is -0.478 e. The van der Waals surface area contributed by atoms with E-state index < -0.39 is 5.97 Å². The Bertz CT molecular complexity index is 2160. The van der Waals surface area contributed by atoms with Crippen molar-refractivity contribution < 1.29 is 19.4 Å². The molecule has 1 aliphatic heterocycles. The molecular weight excluding hydrogens is 653 g/mol. The zero-order chi connectivity index (χ0) is 33.6. The van der Waals surface area contributed by atoms with Gasteiger partial charge in [-0.05, 0) is 48.4 Å². The monoisotopic (exact) mass is 683 g/mol. The molecule has 11 nitrogen and oxygen atoms in total. The number of aryl methyl sites for hydroxylation is 1. The zero-order valence-corrected chi connectivity index (χ0v) is 27.9. The largest absolute Gasteiger partial charge is 0.478 e. The van der Waals surface area contributed by atoms with Crippen LogP contribution in [0.3, 0.4) is 0 Å². The maximum Gasteiger partial charge on any atom is 0.335 e. The molecule has 6 aromatic rings. The number of fused-ring (bicyclic) bond motifs is 1. The fraction of sp³-hybridized carbons (Fsp3) is 0.257. The SMILES string of the molecule is Cc1cc(Cc2nc3ccc(C(=O)O)cc3n2C2COCC2(C)C)c(Cl)cc1-c1cccc(OCc2cnc(-n3ccnn3)cc2Cl)n1. The number of aromatic carboxylic acids is 1. The number of carboxylic acids is 1. The smallest absolute Gasteiger partial charge is 0.335 e. The van der Waals surface area contributed by atoms with Crippen molar-refractivity contribution in [3.8, 4) is 23.0 Å². The standard InChI is InChI=1S/C35H31Cl2N7O4/c1-20-11-22(13-32-40-28-8-7-21(34(45)46)12-29(28)44(32)30-18-47-19-35(30,2)3)25(36)14-24(20)27-5-4-6-33(41-27)48-17-23-16-38-31(15-26(23)37)43-10-9-39-42-43/h4-12,14-16,30H,13,17-19H2,1-3H3,(H,45,46). The highest BCUT2D eigenvalue weighted by Crippen LogP contribution is 2.41. The predicted octanol–water partition coefficient (Wildman–Crippen LogP) is 7.15. The summed E-state index contributed by atoms with van der Waals surface area (Å²) in [5, 5.41) is 18.5. The fourth-order valence-electron chi connectivity index (χ4n) is 6.06. The van der Waals surface area contributed by atoms with Crippen LogP contribution in [0.2, 0.25) is 10.0 Å². The molecule has 1 unspecified atom stereocenters. The summed E-state index contributed by atoms with van der Waals surface area (Å²) >= 11 is 13.5. The quantitative estimate of drug-likeness (QED) is 0.169. The number of carbonyl (C=O) groups is 1. The minimum atomic E-state index is -0.982. The van der Waals surface area contributed by atoms with Crippen molar-refractivity contribution in [2.75, 3.05) is 13.2 Å². The van der Waals surface area contributed by atoms with Crippen molar-refractivity contribution in [2.24, 2.45) is 5.41 Å². The molecule has 1 saturated heterocycles. The van der Waals surface area contributed by atoms with E-state index in [1.165, 1.54) is 4.68 Å². The van der Waals surface area contributed by atoms with Gasteiger partial charge in [-0.15, -0.1) is 5.10 Å². The summed E-state index contributed by atoms with van der Waals surface area (Å²) in [5.74, 6) is 0.794. The summed E-state index contributed by atoms with van der Waals surface area (Å²) in [6.07, 6.45) is 5.35. The van der Waals surface area contributed by atoms with Gasteiger partial charge in [0, 0.05) is 46.3 Å². The van der Waals surface area contributed by atoms with Crippen LogP contribution in [-0.2, 0) is 17.8 Å². The van der Waals surface area contributed by atoms with E-state index in [-0.39, 0.29) is 23.6 Å². The lowest BCUT2D eigenvalue weighted by molar-refractivity contribution is 0.0697. The number of ether oxygens (including phenoxy) is 2. The van der Waals surface area contributed by atoms with Gasteiger partial charge in [-0.25, -0.2) is 24.4 Å². The van der Waals surface area contributed by atoms with Crippen molar-refractivity contribution in [1.29, 1.82) is 0 Å². The first-order valence-corrected chi connectivity index (χ1v) is 16.1. The van der Waals surface area contributed by atoms with Crippen molar-refractivity contribution in [3.63, 3.8) is 0 Å². The van der Waals surface area contributed by atoms with E-state index in [0.717, 1.165) is 33.5 Å². The van der Waals surface area contributed by atoms with E-state index in [1.807, 2.05) is 25.1 Å². The Kier molecular flexibility index (Phi) is 8.36. The average Bonchev–Trinajstić information content (AvgIpc) is 3.80. The number of pyridine rings is 2. The van der Waals surface area contributed by atoms with Gasteiger partial charge in [0.1, 0.15) is 12.4 Å². The van der Waals surface area contributed by atoms with Crippen LogP contribution >= 0.6 is 23.2 Å². The number of carboxylic acid groups (broad SMARTS) is 1. The third kappa shape index (κ3) is 6.12. The molecule has 0 amide bonds. The van der Waals surface area contributed by atoms with Gasteiger partial charge in [0.25, 0.3) is 0 Å². The number of nitrogens with zero attached hydrogens (tertiary/aromatic N) is 7. The van der Waals surface area contributed by atoms with E-state index in [1.54, 1.807) is 48.9 Å². The van der Waals surface area contributed by atoms with Gasteiger partial charge in [0.05, 0.1) is 59.0 Å². The van der Waals surface area contributed by atoms with Crippen molar-refractivity contribution in [2.45, 2.75) is 39.8 Å². The minimum absolute atomic E-state index is 0.0232. The molecule has 13 heteroatoms. The molecule has 7 rings (SSSR count). The number of hydrogen-bond acceptors (Lipinski definition) is 8. The molecule has 0 radical (unpaired) electrons. The Hall–Kier alpha value is -4.84. The molecule has 2 aromatic carbocycles. The van der Waals surface area contributed by atoms with Crippen LogP contribution in [0.25, 0.3) is 28.1 Å². The molecule has 0 aliphatic carbocycles. The van der Waals surface area contributed by atoms with E-state index in [0.29, 0.717) is 52.6 Å². The second kappa shape index (κ2) is 12.6. The molecule has 48 heavy (non-hydrogen) atoms. The lowest BCUT2D eigenvalue weighted by Gasteiger charge is -2.28. The lowest BCUT2D eigenvalue weighted by Crippen LogP contribution is -2.27. The number of benzene rings is 2. The first-order chi connectivity index (χ1) is 23.1. The molecule has 1 aliphatic rings. The molecule has 244 valence electrons. The van der Waals surface area contributed by atoms with Crippen molar-refractivity contribution in [3.05, 3.63) is 111 Å². The van der Waals surface area contributed by atoms with Crippen LogP contribution in [0.1, 0.15) is 52.8 Å². The van der Waals surface area contributed by atoms with Crippen LogP contribution in [-0.4, -0.2) is 58.8 Å². The Morgan fingerprint density at radius 2 is 1.92 bits per heavy atom. The first kappa shape index (κ1) is 31.7. The third-order valence-corrected chi connectivity index (χ3v) is 9.37. The van der Waals surface area contributed by atoms with Crippen LogP contribution in [0.4, 0.5) is 0 Å². The van der Waals surface area contributed by atoms with Gasteiger partial charge in [-0.2, -0.15) is 0 Å². The fourth-order valence-corrected chi connectivity index (χ4v) is 6.49. The highest BCUT2D eigenvalue weighted by molar-refractivity contribution is 6.32. The van der Waals surface area contributed by atoms with Crippen molar-refractivity contribution >= 4 is 40.2 Å². The van der Waals surface area contributed by atoms with Crippen LogP contribution in [0.15, 0.2) is 73.2 Å². The first-order valence-electron chi connectivity index (χ1n) is 15.3. The van der Waals surface area contributed by atoms with Crippen LogP contribution < -0.4 is 4.74 Å². The molecule has 5 heterocycles. The molecular formula is C35H31Cl2N7O4. The van der Waals surface area contributed by atoms with Gasteiger partial charge >= 0.3 is 5.97 Å². The summed E-state index contributed by atoms with van der Waals surface area (Å²) < 4.78 is 15.6. The maximum atomic E-state index is 11.8. The number of imidazole rings is 1. The zero-order valence-electron chi connectivity index (χ0n) is 26.4. The summed E-state index contributed by atoms with van der Waals surface area (Å²) in [4.78, 5) is 25.9. The Balaban J connectivity index is 1.15. The van der Waals surface area contributed by atoms with Crippen molar-refractivity contribution in [1.82, 2.24) is 34.5 Å². The molecule has 0 saturated carbocycles. The maximum absolute atomic E-state index is 11.8. The molecule has 4 aromatic heterocycles. The second-order valence-corrected chi connectivity index (χ2v) is 13.3. The average molecular weight is 685 g/mol. The summed E-state index contributed by atoms with van der Waals surface area (Å²) in [6, 6.07) is 16.3. The highest BCUT2D eigenvalue weighted by atomic mass is 35.5. The lowest BCUT2D eigenvalue weighted by atomic mass is 9.87.